The molecule has 0 bridgehead atoms. The number of hydrogen-bond donors (Lipinski definition) is 1. The van der Waals surface area contributed by atoms with Gasteiger partial charge in [-0.2, -0.15) is 5.26 Å². The summed E-state index contributed by atoms with van der Waals surface area (Å²) in [6, 6.07) is 15.4. The zero-order chi connectivity index (χ0) is 16.9. The highest BCUT2D eigenvalue weighted by molar-refractivity contribution is 5.91. The summed E-state index contributed by atoms with van der Waals surface area (Å²) < 4.78 is 27.5. The van der Waals surface area contributed by atoms with Gasteiger partial charge in [0, 0.05) is 29.8 Å². The number of hydrogen-bond acceptors (Lipinski definition) is 3. The van der Waals surface area contributed by atoms with Gasteiger partial charge in [-0.1, -0.05) is 30.3 Å². The Labute approximate surface area is 138 Å². The van der Waals surface area contributed by atoms with Gasteiger partial charge in [0.25, 0.3) is 0 Å². The summed E-state index contributed by atoms with van der Waals surface area (Å²) in [5, 5.41) is 12.6. The van der Waals surface area contributed by atoms with Crippen molar-refractivity contribution in [3.05, 3.63) is 71.9 Å². The second-order valence-corrected chi connectivity index (χ2v) is 5.45. The largest absolute Gasteiger partial charge is 0.378 e. The molecule has 0 amide bonds. The van der Waals surface area contributed by atoms with Crippen LogP contribution in [-0.2, 0) is 0 Å². The molecule has 0 radical (unpaired) electrons. The maximum atomic E-state index is 13.9. The first kappa shape index (κ1) is 15.9. The van der Waals surface area contributed by atoms with E-state index in [1.807, 2.05) is 30.3 Å². The number of nitrogens with zero attached hydrogens (tertiary/aromatic N) is 2. The quantitative estimate of drug-likeness (QED) is 0.721. The van der Waals surface area contributed by atoms with Crippen LogP contribution in [0.1, 0.15) is 24.4 Å². The Morgan fingerprint density at radius 3 is 2.67 bits per heavy atom. The molecular weight excluding hydrogens is 308 g/mol. The molecule has 1 heterocycles. The fourth-order valence-corrected chi connectivity index (χ4v) is 2.71. The molecule has 3 rings (SSSR count). The second-order valence-electron chi connectivity index (χ2n) is 5.45. The minimum Gasteiger partial charge on any atom is -0.378 e. The highest BCUT2D eigenvalue weighted by Gasteiger charge is 2.14. The van der Waals surface area contributed by atoms with Crippen molar-refractivity contribution < 1.29 is 8.78 Å². The molecule has 3 aromatic rings. The Morgan fingerprint density at radius 1 is 1.12 bits per heavy atom. The molecular formula is C19H15F2N3. The maximum absolute atomic E-state index is 13.9. The van der Waals surface area contributed by atoms with Gasteiger partial charge in [0.15, 0.2) is 5.82 Å². The Bertz CT molecular complexity index is 888. The summed E-state index contributed by atoms with van der Waals surface area (Å²) in [5.74, 6) is -1.34. The lowest BCUT2D eigenvalue weighted by Gasteiger charge is -2.20. The van der Waals surface area contributed by atoms with Crippen molar-refractivity contribution in [3.8, 4) is 6.07 Å². The van der Waals surface area contributed by atoms with Crippen LogP contribution in [0.3, 0.4) is 0 Å². The first-order valence-electron chi connectivity index (χ1n) is 7.61. The van der Waals surface area contributed by atoms with Gasteiger partial charge in [-0.25, -0.2) is 8.78 Å². The van der Waals surface area contributed by atoms with E-state index in [1.54, 1.807) is 6.07 Å². The Balaban J connectivity index is 2.01. The normalized spacial score (nSPS) is 11.9. The summed E-state index contributed by atoms with van der Waals surface area (Å²) in [6.45, 7) is 0. The average Bonchev–Trinajstić information content (AvgIpc) is 2.59. The van der Waals surface area contributed by atoms with Crippen LogP contribution < -0.4 is 5.32 Å². The van der Waals surface area contributed by atoms with Gasteiger partial charge in [0.05, 0.1) is 12.1 Å². The van der Waals surface area contributed by atoms with Gasteiger partial charge in [-0.3, -0.25) is 4.98 Å². The first-order valence-corrected chi connectivity index (χ1v) is 7.61. The van der Waals surface area contributed by atoms with E-state index < -0.39 is 11.6 Å². The Morgan fingerprint density at radius 2 is 1.92 bits per heavy atom. The molecule has 120 valence electrons. The molecule has 0 aliphatic carbocycles. The van der Waals surface area contributed by atoms with Crippen LogP contribution in [0.4, 0.5) is 14.5 Å². The molecule has 1 atom stereocenters. The van der Waals surface area contributed by atoms with Crippen molar-refractivity contribution in [2.45, 2.75) is 18.9 Å². The van der Waals surface area contributed by atoms with E-state index in [4.69, 9.17) is 5.26 Å². The third kappa shape index (κ3) is 3.33. The van der Waals surface area contributed by atoms with Crippen LogP contribution in [0.2, 0.25) is 0 Å². The number of nitriles is 1. The molecule has 5 heteroatoms. The van der Waals surface area contributed by atoms with Gasteiger partial charge in [0.1, 0.15) is 11.3 Å². The van der Waals surface area contributed by atoms with Crippen molar-refractivity contribution in [3.63, 3.8) is 0 Å². The second kappa shape index (κ2) is 7.05. The van der Waals surface area contributed by atoms with Crippen molar-refractivity contribution in [2.24, 2.45) is 0 Å². The molecule has 1 unspecified atom stereocenters. The number of benzene rings is 2. The molecule has 0 fully saturated rings. The lowest BCUT2D eigenvalue weighted by molar-refractivity contribution is 0.590. The Hall–Kier alpha value is -3.00. The number of halogens is 2. The van der Waals surface area contributed by atoms with E-state index in [9.17, 15) is 8.78 Å². The molecule has 2 aromatic carbocycles. The van der Waals surface area contributed by atoms with Crippen LogP contribution in [0.5, 0.6) is 0 Å². The van der Waals surface area contributed by atoms with Crippen LogP contribution in [-0.4, -0.2) is 4.98 Å². The minimum absolute atomic E-state index is 0.119. The van der Waals surface area contributed by atoms with Crippen LogP contribution in [0, 0.1) is 23.0 Å². The zero-order valence-corrected chi connectivity index (χ0v) is 12.8. The van der Waals surface area contributed by atoms with E-state index in [1.165, 1.54) is 12.3 Å². The lowest BCUT2D eigenvalue weighted by atomic mass is 10.0. The molecule has 0 saturated carbocycles. The van der Waals surface area contributed by atoms with Gasteiger partial charge in [0.2, 0.25) is 0 Å². The maximum Gasteiger partial charge on any atom is 0.152 e. The number of rotatable bonds is 5. The van der Waals surface area contributed by atoms with Gasteiger partial charge < -0.3 is 5.32 Å². The molecule has 0 spiro atoms. The van der Waals surface area contributed by atoms with Crippen molar-refractivity contribution in [2.75, 3.05) is 5.32 Å². The predicted octanol–water partition coefficient (Wildman–Crippen LogP) is 4.97. The van der Waals surface area contributed by atoms with E-state index in [-0.39, 0.29) is 11.6 Å². The summed E-state index contributed by atoms with van der Waals surface area (Å²) in [7, 11) is 0. The summed E-state index contributed by atoms with van der Waals surface area (Å²) in [4.78, 5) is 3.99. The molecule has 0 saturated heterocycles. The van der Waals surface area contributed by atoms with Crippen molar-refractivity contribution >= 4 is 16.6 Å². The van der Waals surface area contributed by atoms with E-state index >= 15 is 0 Å². The molecule has 24 heavy (non-hydrogen) atoms. The third-order valence-electron chi connectivity index (χ3n) is 3.84. The molecule has 1 N–H and O–H groups in total. The molecule has 3 nitrogen and oxygen atoms in total. The molecule has 1 aromatic heterocycles. The van der Waals surface area contributed by atoms with Gasteiger partial charge in [-0.05, 0) is 24.1 Å². The van der Waals surface area contributed by atoms with Crippen LogP contribution in [0.25, 0.3) is 10.9 Å². The number of anilines is 1. The zero-order valence-electron chi connectivity index (χ0n) is 12.8. The van der Waals surface area contributed by atoms with Gasteiger partial charge >= 0.3 is 0 Å². The van der Waals surface area contributed by atoms with Crippen molar-refractivity contribution in [1.29, 1.82) is 5.26 Å². The summed E-state index contributed by atoms with van der Waals surface area (Å²) in [5.41, 5.74) is 1.72. The first-order chi connectivity index (χ1) is 11.7. The number of nitrogens with one attached hydrogen (secondary N) is 1. The fraction of sp³-hybridized carbons (Fsp3) is 0.158. The fourth-order valence-electron chi connectivity index (χ4n) is 2.71. The van der Waals surface area contributed by atoms with Crippen LogP contribution in [0.15, 0.2) is 54.7 Å². The molecule has 0 aliphatic rings. The van der Waals surface area contributed by atoms with Crippen LogP contribution >= 0.6 is 0 Å². The van der Waals surface area contributed by atoms with E-state index in [0.717, 1.165) is 11.6 Å². The van der Waals surface area contributed by atoms with Gasteiger partial charge in [-0.15, -0.1) is 0 Å². The molecule has 0 aliphatic heterocycles. The van der Waals surface area contributed by atoms with Crippen molar-refractivity contribution in [1.82, 2.24) is 4.98 Å². The summed E-state index contributed by atoms with van der Waals surface area (Å²) in [6.07, 6.45) is 2.44. The third-order valence-corrected chi connectivity index (χ3v) is 3.84. The minimum atomic E-state index is -0.693. The topological polar surface area (TPSA) is 48.7 Å². The number of aromatic nitrogens is 1. The summed E-state index contributed by atoms with van der Waals surface area (Å²) >= 11 is 0. The number of fused-ring (bicyclic) bond motifs is 1. The van der Waals surface area contributed by atoms with E-state index in [2.05, 4.69) is 16.4 Å². The standard InChI is InChI=1S/C19H15F2N3/c20-14-11-15-18(8-10-23-19(15)16(21)12-14)24-17(7-4-9-22)13-5-2-1-3-6-13/h1-3,5-6,8,10-12,17H,4,7H2,(H,23,24). The smallest absolute Gasteiger partial charge is 0.152 e. The SMILES string of the molecule is N#CCCC(Nc1ccnc2c(F)cc(F)cc12)c1ccccc1. The van der Waals surface area contributed by atoms with E-state index in [0.29, 0.717) is 23.9 Å². The highest BCUT2D eigenvalue weighted by Crippen LogP contribution is 2.30. The Kier molecular flexibility index (Phi) is 4.66. The predicted molar refractivity (Wildman–Crippen MR) is 89.3 cm³/mol. The highest BCUT2D eigenvalue weighted by atomic mass is 19.1. The lowest BCUT2D eigenvalue weighted by Crippen LogP contribution is -2.11. The monoisotopic (exact) mass is 323 g/mol. The number of pyridine rings is 1. The average molecular weight is 323 g/mol.